The van der Waals surface area contributed by atoms with E-state index in [0.717, 1.165) is 37.7 Å². The minimum absolute atomic E-state index is 0.253. The molecule has 0 aromatic carbocycles. The highest BCUT2D eigenvalue weighted by Crippen LogP contribution is 2.65. The molecule has 0 aromatic heterocycles. The van der Waals surface area contributed by atoms with E-state index in [9.17, 15) is 4.79 Å². The molecule has 1 N–H and O–H groups in total. The third kappa shape index (κ3) is 2.90. The van der Waals surface area contributed by atoms with Gasteiger partial charge >= 0.3 is 0 Å². The smallest absolute Gasteiger partial charge is 0.220 e. The van der Waals surface area contributed by atoms with Crippen molar-refractivity contribution in [1.29, 1.82) is 0 Å². The van der Waals surface area contributed by atoms with Gasteiger partial charge in [-0.25, -0.2) is 0 Å². The van der Waals surface area contributed by atoms with E-state index in [4.69, 9.17) is 4.74 Å². The molecule has 5 fully saturated rings. The van der Waals surface area contributed by atoms with Gasteiger partial charge in [0.15, 0.2) is 0 Å². The van der Waals surface area contributed by atoms with Crippen LogP contribution in [0.5, 0.6) is 0 Å². The van der Waals surface area contributed by atoms with Crippen LogP contribution in [-0.2, 0) is 9.53 Å². The van der Waals surface area contributed by atoms with E-state index in [-0.39, 0.29) is 17.4 Å². The van der Waals surface area contributed by atoms with E-state index in [0.29, 0.717) is 10.9 Å². The fraction of sp³-hybridized carbons (Fsp3) is 0.941. The van der Waals surface area contributed by atoms with Gasteiger partial charge in [0.05, 0.1) is 6.10 Å². The summed E-state index contributed by atoms with van der Waals surface area (Å²) in [5.74, 6) is 1.97. The number of ether oxygens (including phenoxy) is 1. The van der Waals surface area contributed by atoms with Gasteiger partial charge in [-0.3, -0.25) is 4.79 Å². The molecule has 5 aliphatic rings. The fourth-order valence-corrected chi connectivity index (χ4v) is 7.49. The second kappa shape index (κ2) is 5.23. The molecule has 0 radical (unpaired) electrons. The van der Waals surface area contributed by atoms with Crippen molar-refractivity contribution in [2.75, 3.05) is 13.2 Å². The van der Waals surface area contributed by atoms with E-state index < -0.39 is 0 Å². The van der Waals surface area contributed by atoms with E-state index in [1.165, 1.54) is 38.5 Å². The number of hydrogen-bond acceptors (Lipinski definition) is 2. The zero-order chi connectivity index (χ0) is 14.5. The Balaban J connectivity index is 1.36. The molecule has 1 heterocycles. The number of nitrogens with one attached hydrogen (secondary N) is 1. The standard InChI is InChI=1S/C17H26BrNO2/c18-17-7-12-4-13(8-17)6-16(5-12,11-17)9-15(20)19-10-14-2-1-3-21-14/h12-14H,1-11H2,(H,19,20)/t12-,13+,14-,16?,17?/m0/s1. The third-order valence-corrected chi connectivity index (χ3v) is 7.13. The molecule has 1 saturated heterocycles. The average Bonchev–Trinajstić information content (AvgIpc) is 2.85. The van der Waals surface area contributed by atoms with Gasteiger partial charge in [-0.05, 0) is 68.6 Å². The van der Waals surface area contributed by atoms with E-state index in [2.05, 4.69) is 21.2 Å². The maximum Gasteiger partial charge on any atom is 0.220 e. The Morgan fingerprint density at radius 1 is 1.24 bits per heavy atom. The maximum atomic E-state index is 12.4. The Labute approximate surface area is 135 Å². The van der Waals surface area contributed by atoms with Crippen molar-refractivity contribution in [2.24, 2.45) is 17.3 Å². The van der Waals surface area contributed by atoms with Crippen molar-refractivity contribution in [2.45, 2.75) is 68.2 Å². The quantitative estimate of drug-likeness (QED) is 0.784. The molecule has 118 valence electrons. The molecule has 4 bridgehead atoms. The van der Waals surface area contributed by atoms with Crippen LogP contribution in [0.2, 0.25) is 0 Å². The van der Waals surface area contributed by atoms with Crippen LogP contribution < -0.4 is 5.32 Å². The van der Waals surface area contributed by atoms with Crippen molar-refractivity contribution in [3.05, 3.63) is 0 Å². The van der Waals surface area contributed by atoms with E-state index >= 15 is 0 Å². The van der Waals surface area contributed by atoms with Gasteiger partial charge in [0.25, 0.3) is 0 Å². The summed E-state index contributed by atoms with van der Waals surface area (Å²) in [6, 6.07) is 0. The number of hydrogen-bond donors (Lipinski definition) is 1. The summed E-state index contributed by atoms with van der Waals surface area (Å²) in [7, 11) is 0. The normalized spacial score (nSPS) is 47.8. The molecule has 2 unspecified atom stereocenters. The summed E-state index contributed by atoms with van der Waals surface area (Å²) in [5, 5.41) is 3.13. The summed E-state index contributed by atoms with van der Waals surface area (Å²) in [6.07, 6.45) is 11.1. The van der Waals surface area contributed by atoms with Crippen LogP contribution in [0.4, 0.5) is 0 Å². The van der Waals surface area contributed by atoms with E-state index in [1.807, 2.05) is 0 Å². The Morgan fingerprint density at radius 3 is 2.62 bits per heavy atom. The molecule has 21 heavy (non-hydrogen) atoms. The molecule has 3 nitrogen and oxygen atoms in total. The molecule has 0 spiro atoms. The van der Waals surface area contributed by atoms with E-state index in [1.54, 1.807) is 0 Å². The molecular formula is C17H26BrNO2. The van der Waals surface area contributed by atoms with Gasteiger partial charge in [-0.15, -0.1) is 0 Å². The number of halogens is 1. The van der Waals surface area contributed by atoms with Gasteiger partial charge in [0, 0.05) is 23.9 Å². The van der Waals surface area contributed by atoms with Gasteiger partial charge in [0.2, 0.25) is 5.91 Å². The Kier molecular flexibility index (Phi) is 3.61. The van der Waals surface area contributed by atoms with Crippen LogP contribution >= 0.6 is 15.9 Å². The second-order valence-electron chi connectivity index (χ2n) is 8.23. The first-order valence-corrected chi connectivity index (χ1v) is 9.41. The van der Waals surface area contributed by atoms with Crippen molar-refractivity contribution in [3.63, 3.8) is 0 Å². The highest BCUT2D eigenvalue weighted by atomic mass is 79.9. The van der Waals surface area contributed by atoms with Gasteiger partial charge < -0.3 is 10.1 Å². The first kappa shape index (κ1) is 14.5. The minimum atomic E-state index is 0.253. The summed E-state index contributed by atoms with van der Waals surface area (Å²) in [4.78, 5) is 12.4. The molecule has 1 aliphatic heterocycles. The molecular weight excluding hydrogens is 330 g/mol. The zero-order valence-electron chi connectivity index (χ0n) is 12.7. The molecule has 4 aliphatic carbocycles. The summed E-state index contributed by atoms with van der Waals surface area (Å²) < 4.78 is 5.94. The summed E-state index contributed by atoms with van der Waals surface area (Å²) in [6.45, 7) is 1.57. The van der Waals surface area contributed by atoms with Crippen molar-refractivity contribution < 1.29 is 9.53 Å². The minimum Gasteiger partial charge on any atom is -0.376 e. The number of alkyl halides is 1. The van der Waals surface area contributed by atoms with Crippen LogP contribution in [0.25, 0.3) is 0 Å². The average molecular weight is 356 g/mol. The molecule has 5 rings (SSSR count). The lowest BCUT2D eigenvalue weighted by Gasteiger charge is -2.60. The van der Waals surface area contributed by atoms with Crippen molar-refractivity contribution >= 4 is 21.8 Å². The topological polar surface area (TPSA) is 38.3 Å². The zero-order valence-corrected chi connectivity index (χ0v) is 14.3. The summed E-state index contributed by atoms with van der Waals surface area (Å²) >= 11 is 4.02. The lowest BCUT2D eigenvalue weighted by atomic mass is 9.48. The molecule has 4 heteroatoms. The van der Waals surface area contributed by atoms with Crippen LogP contribution in [0, 0.1) is 17.3 Å². The number of carbonyl (C=O) groups is 1. The second-order valence-corrected chi connectivity index (χ2v) is 9.91. The van der Waals surface area contributed by atoms with Crippen molar-refractivity contribution in [3.8, 4) is 0 Å². The maximum absolute atomic E-state index is 12.4. The highest BCUT2D eigenvalue weighted by Gasteiger charge is 2.57. The molecule has 4 saturated carbocycles. The lowest BCUT2D eigenvalue weighted by Crippen LogP contribution is -2.54. The fourth-order valence-electron chi connectivity index (χ4n) is 5.98. The first-order chi connectivity index (χ1) is 10.0. The van der Waals surface area contributed by atoms with Gasteiger partial charge in [-0.2, -0.15) is 0 Å². The number of amides is 1. The predicted molar refractivity (Wildman–Crippen MR) is 85.4 cm³/mol. The van der Waals surface area contributed by atoms with Crippen LogP contribution in [0.3, 0.4) is 0 Å². The van der Waals surface area contributed by atoms with Crippen LogP contribution in [0.1, 0.15) is 57.8 Å². The Bertz CT molecular complexity index is 419. The Morgan fingerprint density at radius 2 is 2.00 bits per heavy atom. The van der Waals surface area contributed by atoms with Gasteiger partial charge in [0.1, 0.15) is 0 Å². The third-order valence-electron chi connectivity index (χ3n) is 6.20. The van der Waals surface area contributed by atoms with Crippen molar-refractivity contribution in [1.82, 2.24) is 5.32 Å². The molecule has 5 atom stereocenters. The number of rotatable bonds is 4. The Hall–Kier alpha value is -0.0900. The number of carbonyl (C=O) groups excluding carboxylic acids is 1. The van der Waals surface area contributed by atoms with Crippen LogP contribution in [0.15, 0.2) is 0 Å². The predicted octanol–water partition coefficient (Wildman–Crippen LogP) is 3.41. The SMILES string of the molecule is O=C(CC12C[C@@H]3C[C@@H](CC(Br)(C3)C1)C2)NC[C@@H]1CCCO1. The largest absolute Gasteiger partial charge is 0.376 e. The lowest BCUT2D eigenvalue weighted by molar-refractivity contribution is -0.128. The first-order valence-electron chi connectivity index (χ1n) is 8.62. The van der Waals surface area contributed by atoms with Crippen LogP contribution in [-0.4, -0.2) is 29.5 Å². The highest BCUT2D eigenvalue weighted by molar-refractivity contribution is 9.10. The summed E-state index contributed by atoms with van der Waals surface area (Å²) in [5.41, 5.74) is 0.286. The molecule has 0 aromatic rings. The monoisotopic (exact) mass is 355 g/mol. The van der Waals surface area contributed by atoms with Gasteiger partial charge in [-0.1, -0.05) is 15.9 Å². The molecule has 1 amide bonds.